The van der Waals surface area contributed by atoms with Gasteiger partial charge < -0.3 is 5.32 Å². The summed E-state index contributed by atoms with van der Waals surface area (Å²) in [6.45, 7) is 0. The van der Waals surface area contributed by atoms with Crippen LogP contribution < -0.4 is 5.32 Å². The quantitative estimate of drug-likeness (QED) is 0.832. The maximum Gasteiger partial charge on any atom is 0.230 e. The molecule has 0 radical (unpaired) electrons. The van der Waals surface area contributed by atoms with Crippen LogP contribution in [0.25, 0.3) is 0 Å². The van der Waals surface area contributed by atoms with Crippen molar-refractivity contribution in [1.82, 2.24) is 15.0 Å². The van der Waals surface area contributed by atoms with Crippen molar-refractivity contribution in [3.8, 4) is 0 Å². The Morgan fingerprint density at radius 1 is 1.38 bits per heavy atom. The van der Waals surface area contributed by atoms with Crippen molar-refractivity contribution >= 4 is 11.7 Å². The van der Waals surface area contributed by atoms with Crippen LogP contribution in [0.5, 0.6) is 0 Å². The van der Waals surface area contributed by atoms with Crippen LogP contribution in [0.3, 0.4) is 0 Å². The number of hydrogen-bond donors (Lipinski definition) is 1. The van der Waals surface area contributed by atoms with E-state index in [-0.39, 0.29) is 5.91 Å². The van der Waals surface area contributed by atoms with Crippen molar-refractivity contribution in [3.63, 3.8) is 0 Å². The van der Waals surface area contributed by atoms with Gasteiger partial charge in [0.05, 0.1) is 12.6 Å². The highest BCUT2D eigenvalue weighted by atomic mass is 16.1. The van der Waals surface area contributed by atoms with Crippen LogP contribution in [0.1, 0.15) is 5.56 Å². The molecule has 2 rings (SSSR count). The predicted molar refractivity (Wildman–Crippen MR) is 59.8 cm³/mol. The normalized spacial score (nSPS) is 10.1. The van der Waals surface area contributed by atoms with Gasteiger partial charge in [-0.25, -0.2) is 0 Å². The Morgan fingerprint density at radius 2 is 2.12 bits per heavy atom. The Morgan fingerprint density at radius 3 is 2.75 bits per heavy atom. The fraction of sp³-hybridized carbons (Fsp3) is 0.182. The van der Waals surface area contributed by atoms with E-state index in [1.807, 2.05) is 30.3 Å². The van der Waals surface area contributed by atoms with Gasteiger partial charge in [-0.05, 0) is 5.56 Å². The maximum atomic E-state index is 11.6. The fourth-order valence-electron chi connectivity index (χ4n) is 1.37. The van der Waals surface area contributed by atoms with Crippen LogP contribution in [0, 0.1) is 0 Å². The number of nitrogens with one attached hydrogen (secondary N) is 1. The molecule has 16 heavy (non-hydrogen) atoms. The van der Waals surface area contributed by atoms with Crippen LogP contribution in [0.2, 0.25) is 0 Å². The van der Waals surface area contributed by atoms with Gasteiger partial charge in [0.25, 0.3) is 0 Å². The van der Waals surface area contributed by atoms with Crippen molar-refractivity contribution in [1.29, 1.82) is 0 Å². The van der Waals surface area contributed by atoms with E-state index in [9.17, 15) is 4.79 Å². The lowest BCUT2D eigenvalue weighted by Crippen LogP contribution is -2.14. The van der Waals surface area contributed by atoms with Gasteiger partial charge in [0, 0.05) is 7.05 Å². The number of nitrogens with zero attached hydrogens (tertiary/aromatic N) is 3. The number of rotatable bonds is 3. The number of hydrogen-bond acceptors (Lipinski definition) is 3. The summed E-state index contributed by atoms with van der Waals surface area (Å²) < 4.78 is 1.54. The molecule has 0 saturated heterocycles. The van der Waals surface area contributed by atoms with Gasteiger partial charge in [0.15, 0.2) is 5.82 Å². The van der Waals surface area contributed by atoms with Crippen molar-refractivity contribution in [2.75, 3.05) is 5.32 Å². The Kier molecular flexibility index (Phi) is 2.95. The minimum Gasteiger partial charge on any atom is -0.308 e. The molecule has 5 nitrogen and oxygen atoms in total. The van der Waals surface area contributed by atoms with E-state index in [1.54, 1.807) is 13.2 Å². The fourth-order valence-corrected chi connectivity index (χ4v) is 1.37. The zero-order valence-electron chi connectivity index (χ0n) is 8.92. The molecule has 1 aromatic heterocycles. The molecule has 2 aromatic rings. The standard InChI is InChI=1S/C11H12N4O/c1-15-8-10(13-14-15)12-11(16)7-9-5-3-2-4-6-9/h2-6,8H,7H2,1H3,(H,12,16). The highest BCUT2D eigenvalue weighted by molar-refractivity contribution is 5.91. The molecule has 5 heteroatoms. The first-order valence-electron chi connectivity index (χ1n) is 4.94. The average molecular weight is 216 g/mol. The van der Waals surface area contributed by atoms with E-state index in [0.29, 0.717) is 12.2 Å². The van der Waals surface area contributed by atoms with Gasteiger partial charge in [-0.2, -0.15) is 0 Å². The molecule has 0 aliphatic carbocycles. The SMILES string of the molecule is Cn1cc(NC(=O)Cc2ccccc2)nn1. The van der Waals surface area contributed by atoms with E-state index in [4.69, 9.17) is 0 Å². The molecular weight excluding hydrogens is 204 g/mol. The molecule has 0 unspecified atom stereocenters. The molecular formula is C11H12N4O. The number of aromatic nitrogens is 3. The number of aryl methyl sites for hydroxylation is 1. The van der Waals surface area contributed by atoms with Crippen LogP contribution in [0.4, 0.5) is 5.82 Å². The van der Waals surface area contributed by atoms with Crippen LogP contribution >= 0.6 is 0 Å². The maximum absolute atomic E-state index is 11.6. The number of carbonyl (C=O) groups excluding carboxylic acids is 1. The summed E-state index contributed by atoms with van der Waals surface area (Å²) in [4.78, 5) is 11.6. The topological polar surface area (TPSA) is 59.8 Å². The summed E-state index contributed by atoms with van der Waals surface area (Å²) in [6, 6.07) is 9.56. The Hall–Kier alpha value is -2.17. The van der Waals surface area contributed by atoms with E-state index >= 15 is 0 Å². The number of carbonyl (C=O) groups is 1. The van der Waals surface area contributed by atoms with Crippen molar-refractivity contribution in [3.05, 3.63) is 42.1 Å². The van der Waals surface area contributed by atoms with E-state index in [2.05, 4.69) is 15.6 Å². The number of anilines is 1. The summed E-state index contributed by atoms with van der Waals surface area (Å²) in [5.74, 6) is 0.384. The second kappa shape index (κ2) is 4.57. The zero-order chi connectivity index (χ0) is 11.4. The molecule has 0 spiro atoms. The Labute approximate surface area is 93.1 Å². The Balaban J connectivity index is 1.95. The monoisotopic (exact) mass is 216 g/mol. The minimum absolute atomic E-state index is 0.0910. The first kappa shape index (κ1) is 10.4. The molecule has 1 N–H and O–H groups in total. The second-order valence-corrected chi connectivity index (χ2v) is 3.49. The average Bonchev–Trinajstić information content (AvgIpc) is 2.65. The molecule has 0 fully saturated rings. The number of amides is 1. The van der Waals surface area contributed by atoms with Gasteiger partial charge >= 0.3 is 0 Å². The van der Waals surface area contributed by atoms with Crippen LogP contribution in [-0.4, -0.2) is 20.9 Å². The van der Waals surface area contributed by atoms with Crippen molar-refractivity contribution in [2.24, 2.45) is 7.05 Å². The Bertz CT molecular complexity index is 478. The lowest BCUT2D eigenvalue weighted by atomic mass is 10.1. The van der Waals surface area contributed by atoms with Gasteiger partial charge in [-0.3, -0.25) is 9.48 Å². The van der Waals surface area contributed by atoms with Crippen LogP contribution in [-0.2, 0) is 18.3 Å². The third-order valence-electron chi connectivity index (χ3n) is 2.08. The minimum atomic E-state index is -0.0910. The third kappa shape index (κ3) is 2.66. The third-order valence-corrected chi connectivity index (χ3v) is 2.08. The van der Waals surface area contributed by atoms with Crippen molar-refractivity contribution < 1.29 is 4.79 Å². The first-order chi connectivity index (χ1) is 7.74. The van der Waals surface area contributed by atoms with Gasteiger partial charge in [-0.15, -0.1) is 5.10 Å². The van der Waals surface area contributed by atoms with Gasteiger partial charge in [0.2, 0.25) is 5.91 Å². The molecule has 0 aliphatic rings. The summed E-state index contributed by atoms with van der Waals surface area (Å²) in [7, 11) is 1.75. The molecule has 1 heterocycles. The highest BCUT2D eigenvalue weighted by Crippen LogP contribution is 2.03. The summed E-state index contributed by atoms with van der Waals surface area (Å²) in [5.41, 5.74) is 0.976. The van der Waals surface area contributed by atoms with E-state index in [0.717, 1.165) is 5.56 Å². The summed E-state index contributed by atoms with van der Waals surface area (Å²) in [6.07, 6.45) is 2.00. The second-order valence-electron chi connectivity index (χ2n) is 3.49. The molecule has 1 amide bonds. The van der Waals surface area contributed by atoms with E-state index in [1.165, 1.54) is 4.68 Å². The molecule has 0 saturated carbocycles. The largest absolute Gasteiger partial charge is 0.308 e. The van der Waals surface area contributed by atoms with Crippen LogP contribution in [0.15, 0.2) is 36.5 Å². The molecule has 0 bridgehead atoms. The first-order valence-corrected chi connectivity index (χ1v) is 4.94. The van der Waals surface area contributed by atoms with Gasteiger partial charge in [-0.1, -0.05) is 35.5 Å². The molecule has 0 aliphatic heterocycles. The summed E-state index contributed by atoms with van der Waals surface area (Å²) in [5, 5.41) is 10.2. The lowest BCUT2D eigenvalue weighted by molar-refractivity contribution is -0.115. The van der Waals surface area contributed by atoms with Crippen molar-refractivity contribution in [2.45, 2.75) is 6.42 Å². The smallest absolute Gasteiger partial charge is 0.230 e. The van der Waals surface area contributed by atoms with E-state index < -0.39 is 0 Å². The zero-order valence-corrected chi connectivity index (χ0v) is 8.92. The summed E-state index contributed by atoms with van der Waals surface area (Å²) >= 11 is 0. The highest BCUT2D eigenvalue weighted by Gasteiger charge is 2.05. The molecule has 82 valence electrons. The number of benzene rings is 1. The van der Waals surface area contributed by atoms with Gasteiger partial charge in [0.1, 0.15) is 0 Å². The lowest BCUT2D eigenvalue weighted by Gasteiger charge is -2.00. The predicted octanol–water partition coefficient (Wildman–Crippen LogP) is 0.996. The molecule has 1 aromatic carbocycles. The molecule has 0 atom stereocenters.